The first-order valence-corrected chi connectivity index (χ1v) is 9.59. The van der Waals surface area contributed by atoms with Crippen molar-refractivity contribution in [2.45, 2.75) is 11.8 Å². The number of azo groups is 1. The van der Waals surface area contributed by atoms with Gasteiger partial charge in [0.25, 0.3) is 10.1 Å². The molecule has 0 heterocycles. The summed E-state index contributed by atoms with van der Waals surface area (Å²) in [7, 11) is -4.50. The molecule has 28 heavy (non-hydrogen) atoms. The molecule has 3 aromatic carbocycles. The smallest absolute Gasteiger partial charge is 0.339 e. The van der Waals surface area contributed by atoms with E-state index in [4.69, 9.17) is 11.6 Å². The second kappa shape index (κ2) is 7.19. The molecule has 144 valence electrons. The molecule has 3 N–H and O–H groups in total. The monoisotopic (exact) mass is 420 g/mol. The lowest BCUT2D eigenvalue weighted by Gasteiger charge is -2.09. The van der Waals surface area contributed by atoms with Crippen molar-refractivity contribution in [3.05, 3.63) is 58.6 Å². The van der Waals surface area contributed by atoms with Gasteiger partial charge < -0.3 is 10.2 Å². The van der Waals surface area contributed by atoms with Gasteiger partial charge in [-0.05, 0) is 36.1 Å². The number of carbonyl (C=O) groups is 1. The highest BCUT2D eigenvalue weighted by molar-refractivity contribution is 7.86. The van der Waals surface area contributed by atoms with E-state index in [2.05, 4.69) is 10.2 Å². The normalized spacial score (nSPS) is 12.0. The van der Waals surface area contributed by atoms with Crippen molar-refractivity contribution < 1.29 is 28.0 Å². The number of nitrogens with zero attached hydrogens (tertiary/aromatic N) is 2. The van der Waals surface area contributed by atoms with Crippen LogP contribution >= 0.6 is 11.6 Å². The van der Waals surface area contributed by atoms with Crippen molar-refractivity contribution in [3.8, 4) is 5.75 Å². The van der Waals surface area contributed by atoms with Crippen LogP contribution in [0.1, 0.15) is 15.9 Å². The Morgan fingerprint density at radius 1 is 1.11 bits per heavy atom. The Morgan fingerprint density at radius 3 is 2.43 bits per heavy atom. The Labute approximate surface area is 164 Å². The van der Waals surface area contributed by atoms with Crippen molar-refractivity contribution in [1.82, 2.24) is 0 Å². The minimum Gasteiger partial charge on any atom is -0.505 e. The Balaban J connectivity index is 2.18. The second-order valence-electron chi connectivity index (χ2n) is 5.84. The van der Waals surface area contributed by atoms with Gasteiger partial charge >= 0.3 is 5.97 Å². The molecule has 0 aliphatic heterocycles. The maximum absolute atomic E-state index is 11.4. The van der Waals surface area contributed by atoms with Crippen molar-refractivity contribution in [2.75, 3.05) is 0 Å². The molecule has 10 heteroatoms. The number of rotatable bonds is 4. The third-order valence-electron chi connectivity index (χ3n) is 4.08. The highest BCUT2D eigenvalue weighted by atomic mass is 35.5. The molecule has 0 saturated heterocycles. The van der Waals surface area contributed by atoms with Crippen LogP contribution in [0.4, 0.5) is 11.4 Å². The maximum atomic E-state index is 11.4. The Bertz CT molecular complexity index is 1250. The average molecular weight is 421 g/mol. The van der Waals surface area contributed by atoms with Crippen LogP contribution in [0, 0.1) is 6.92 Å². The highest BCUT2D eigenvalue weighted by Gasteiger charge is 2.19. The van der Waals surface area contributed by atoms with Crippen LogP contribution in [-0.4, -0.2) is 29.2 Å². The third kappa shape index (κ3) is 3.55. The first-order chi connectivity index (χ1) is 13.1. The van der Waals surface area contributed by atoms with E-state index in [0.29, 0.717) is 10.8 Å². The summed E-state index contributed by atoms with van der Waals surface area (Å²) < 4.78 is 31.8. The van der Waals surface area contributed by atoms with E-state index in [1.807, 2.05) is 0 Å². The van der Waals surface area contributed by atoms with Crippen LogP contribution in [-0.2, 0) is 10.1 Å². The standard InChI is InChI=1S/C18H13ClN2O6S/c1-9-13(6-7-14(15(9)19)28(25,26)27)20-21-16-11-5-3-2-4-10(11)8-12(17(16)22)18(23)24/h2-8,22H,1H3,(H,23,24)(H,25,26,27). The van der Waals surface area contributed by atoms with Gasteiger partial charge in [0.1, 0.15) is 16.1 Å². The van der Waals surface area contributed by atoms with E-state index >= 15 is 0 Å². The van der Waals surface area contributed by atoms with Crippen molar-refractivity contribution in [3.63, 3.8) is 0 Å². The molecule has 0 radical (unpaired) electrons. The lowest BCUT2D eigenvalue weighted by molar-refractivity contribution is 0.0694. The van der Waals surface area contributed by atoms with Crippen LogP contribution in [0.15, 0.2) is 57.6 Å². The lowest BCUT2D eigenvalue weighted by Crippen LogP contribution is -1.99. The van der Waals surface area contributed by atoms with E-state index in [-0.39, 0.29) is 27.5 Å². The van der Waals surface area contributed by atoms with Gasteiger partial charge in [0.2, 0.25) is 0 Å². The number of aromatic hydroxyl groups is 1. The first kappa shape index (κ1) is 19.7. The number of halogens is 1. The minimum absolute atomic E-state index is 0.0510. The predicted molar refractivity (Wildman–Crippen MR) is 103 cm³/mol. The molecule has 3 rings (SSSR count). The fourth-order valence-electron chi connectivity index (χ4n) is 2.64. The number of carboxylic acid groups (broad SMARTS) is 1. The molecule has 3 aromatic rings. The number of aromatic carboxylic acids is 1. The molecule has 0 unspecified atom stereocenters. The Hall–Kier alpha value is -3.01. The van der Waals surface area contributed by atoms with Gasteiger partial charge in [0, 0.05) is 5.39 Å². The van der Waals surface area contributed by atoms with E-state index in [1.54, 1.807) is 24.3 Å². The topological polar surface area (TPSA) is 137 Å². The summed E-state index contributed by atoms with van der Waals surface area (Å²) in [6.45, 7) is 1.48. The zero-order valence-electron chi connectivity index (χ0n) is 14.3. The number of benzene rings is 3. The van der Waals surface area contributed by atoms with Gasteiger partial charge in [-0.15, -0.1) is 5.11 Å². The number of hydrogen-bond donors (Lipinski definition) is 3. The number of fused-ring (bicyclic) bond motifs is 1. The zero-order valence-corrected chi connectivity index (χ0v) is 15.9. The summed E-state index contributed by atoms with van der Waals surface area (Å²) in [6, 6.07) is 10.4. The van der Waals surface area contributed by atoms with Gasteiger partial charge in [0.05, 0.1) is 10.7 Å². The molecule has 0 amide bonds. The maximum Gasteiger partial charge on any atom is 0.339 e. The van der Waals surface area contributed by atoms with Gasteiger partial charge in [0.15, 0.2) is 5.75 Å². The molecule has 0 spiro atoms. The van der Waals surface area contributed by atoms with Gasteiger partial charge in [-0.2, -0.15) is 13.5 Å². The minimum atomic E-state index is -4.50. The van der Waals surface area contributed by atoms with Gasteiger partial charge in [-0.3, -0.25) is 4.55 Å². The van der Waals surface area contributed by atoms with Crippen LogP contribution in [0.25, 0.3) is 10.8 Å². The fraction of sp³-hybridized carbons (Fsp3) is 0.0556. The van der Waals surface area contributed by atoms with E-state index in [0.717, 1.165) is 6.07 Å². The Morgan fingerprint density at radius 2 is 1.79 bits per heavy atom. The third-order valence-corrected chi connectivity index (χ3v) is 5.58. The fourth-order valence-corrected chi connectivity index (χ4v) is 3.72. The molecule has 0 saturated carbocycles. The van der Waals surface area contributed by atoms with Crippen molar-refractivity contribution in [2.24, 2.45) is 10.2 Å². The van der Waals surface area contributed by atoms with Gasteiger partial charge in [-0.25, -0.2) is 4.79 Å². The van der Waals surface area contributed by atoms with Crippen molar-refractivity contribution >= 4 is 49.8 Å². The van der Waals surface area contributed by atoms with Crippen LogP contribution in [0.2, 0.25) is 5.02 Å². The van der Waals surface area contributed by atoms with Crippen LogP contribution in [0.3, 0.4) is 0 Å². The Kier molecular flexibility index (Phi) is 5.07. The summed E-state index contributed by atoms with van der Waals surface area (Å²) in [6.07, 6.45) is 0. The van der Waals surface area contributed by atoms with E-state index in [1.165, 1.54) is 19.1 Å². The molecule has 8 nitrogen and oxygen atoms in total. The molecule has 0 aliphatic rings. The first-order valence-electron chi connectivity index (χ1n) is 7.77. The molecule has 0 aromatic heterocycles. The predicted octanol–water partition coefficient (Wildman–Crippen LogP) is 4.87. The molecular formula is C18H13ClN2O6S. The summed E-state index contributed by atoms with van der Waals surface area (Å²) in [5.74, 6) is -1.87. The largest absolute Gasteiger partial charge is 0.505 e. The molecule has 0 aliphatic carbocycles. The number of carboxylic acids is 1. The summed E-state index contributed by atoms with van der Waals surface area (Å²) in [5.41, 5.74) is 0.0364. The summed E-state index contributed by atoms with van der Waals surface area (Å²) in [4.78, 5) is 10.9. The SMILES string of the molecule is Cc1c(N=Nc2c(O)c(C(=O)O)cc3ccccc23)ccc(S(=O)(=O)O)c1Cl. The quantitative estimate of drug-likeness (QED) is 0.407. The molecular weight excluding hydrogens is 408 g/mol. The van der Waals surface area contributed by atoms with Crippen molar-refractivity contribution in [1.29, 1.82) is 0 Å². The molecule has 0 atom stereocenters. The second-order valence-corrected chi connectivity index (χ2v) is 7.61. The van der Waals surface area contributed by atoms with Crippen LogP contribution < -0.4 is 0 Å². The molecule has 0 bridgehead atoms. The van der Waals surface area contributed by atoms with E-state index in [9.17, 15) is 28.0 Å². The average Bonchev–Trinajstić information content (AvgIpc) is 2.62. The zero-order chi connectivity index (χ0) is 20.6. The molecule has 0 fully saturated rings. The van der Waals surface area contributed by atoms with E-state index < -0.39 is 26.7 Å². The summed E-state index contributed by atoms with van der Waals surface area (Å²) >= 11 is 5.99. The van der Waals surface area contributed by atoms with Gasteiger partial charge in [-0.1, -0.05) is 35.9 Å². The highest BCUT2D eigenvalue weighted by Crippen LogP contribution is 2.40. The lowest BCUT2D eigenvalue weighted by atomic mass is 10.0. The number of phenols is 1. The number of hydrogen-bond acceptors (Lipinski definition) is 6. The van der Waals surface area contributed by atoms with Crippen LogP contribution in [0.5, 0.6) is 5.75 Å². The summed E-state index contributed by atoms with van der Waals surface area (Å²) in [5, 5.41) is 28.4.